The number of allylic oxidation sites excluding steroid dienone is 1. The lowest BCUT2D eigenvalue weighted by molar-refractivity contribution is -0.131. The van der Waals surface area contributed by atoms with Crippen molar-refractivity contribution in [3.8, 4) is 5.75 Å². The number of carboxylic acid groups (broad SMARTS) is 1. The number of hydrogen-bond donors (Lipinski definition) is 2. The summed E-state index contributed by atoms with van der Waals surface area (Å²) in [5.74, 6) is -0.613. The number of aliphatic carboxylic acids is 1. The summed E-state index contributed by atoms with van der Waals surface area (Å²) in [6.45, 7) is 4.02. The molecular weight excluding hydrogens is 336 g/mol. The molecule has 140 valence electrons. The first kappa shape index (κ1) is 19.0. The molecule has 0 heterocycles. The molecule has 0 aromatic heterocycles. The molecule has 1 saturated carbocycles. The Morgan fingerprint density at radius 3 is 2.22 bits per heavy atom. The minimum atomic E-state index is -0.945. The van der Waals surface area contributed by atoms with Crippen LogP contribution >= 0.6 is 0 Å². The number of rotatable bonds is 4. The van der Waals surface area contributed by atoms with E-state index in [4.69, 9.17) is 5.11 Å². The van der Waals surface area contributed by atoms with Crippen LogP contribution in [0, 0.1) is 13.8 Å². The van der Waals surface area contributed by atoms with Crippen molar-refractivity contribution in [1.29, 1.82) is 0 Å². The van der Waals surface area contributed by atoms with Crippen molar-refractivity contribution in [2.75, 3.05) is 0 Å². The van der Waals surface area contributed by atoms with Gasteiger partial charge in [-0.2, -0.15) is 0 Å². The van der Waals surface area contributed by atoms with E-state index >= 15 is 0 Å². The molecule has 0 aliphatic heterocycles. The van der Waals surface area contributed by atoms with Gasteiger partial charge in [-0.25, -0.2) is 4.79 Å². The predicted molar refractivity (Wildman–Crippen MR) is 110 cm³/mol. The molecule has 0 unspecified atom stereocenters. The van der Waals surface area contributed by atoms with E-state index in [-0.39, 0.29) is 0 Å². The zero-order valence-electron chi connectivity index (χ0n) is 16.0. The second-order valence-corrected chi connectivity index (χ2v) is 7.22. The van der Waals surface area contributed by atoms with Crippen LogP contribution in [0.1, 0.15) is 59.9 Å². The average molecular weight is 362 g/mol. The monoisotopic (exact) mass is 362 g/mol. The quantitative estimate of drug-likeness (QED) is 0.669. The van der Waals surface area contributed by atoms with Crippen LogP contribution in [-0.4, -0.2) is 16.2 Å². The van der Waals surface area contributed by atoms with Crippen LogP contribution in [0.4, 0.5) is 0 Å². The first-order valence-corrected chi connectivity index (χ1v) is 9.50. The Hall–Kier alpha value is -2.81. The van der Waals surface area contributed by atoms with Crippen molar-refractivity contribution in [2.24, 2.45) is 0 Å². The summed E-state index contributed by atoms with van der Waals surface area (Å²) < 4.78 is 0. The van der Waals surface area contributed by atoms with Crippen LogP contribution in [0.3, 0.4) is 0 Å². The molecule has 0 bridgehead atoms. The van der Waals surface area contributed by atoms with Crippen molar-refractivity contribution in [1.82, 2.24) is 0 Å². The Bertz CT molecular complexity index is 894. The molecule has 2 aromatic rings. The number of carboxylic acids is 1. The number of aromatic hydroxyl groups is 1. The molecule has 3 rings (SSSR count). The fourth-order valence-electron chi connectivity index (χ4n) is 3.78. The zero-order valence-corrected chi connectivity index (χ0v) is 16.0. The number of hydrogen-bond acceptors (Lipinski definition) is 2. The number of benzene rings is 2. The van der Waals surface area contributed by atoms with E-state index in [1.807, 2.05) is 25.1 Å². The third-order valence-electron chi connectivity index (χ3n) is 5.46. The Balaban J connectivity index is 2.09. The maximum absolute atomic E-state index is 10.7. The van der Waals surface area contributed by atoms with Crippen LogP contribution in [-0.2, 0) is 4.79 Å². The highest BCUT2D eigenvalue weighted by Gasteiger charge is 2.18. The molecule has 1 fully saturated rings. The van der Waals surface area contributed by atoms with Crippen molar-refractivity contribution in [3.05, 3.63) is 75.9 Å². The summed E-state index contributed by atoms with van der Waals surface area (Å²) in [6.07, 6.45) is 8.69. The summed E-state index contributed by atoms with van der Waals surface area (Å²) in [5.41, 5.74) is 7.96. The molecule has 0 radical (unpaired) electrons. The molecule has 27 heavy (non-hydrogen) atoms. The van der Waals surface area contributed by atoms with E-state index in [1.165, 1.54) is 36.0 Å². The van der Waals surface area contributed by atoms with Crippen LogP contribution < -0.4 is 0 Å². The van der Waals surface area contributed by atoms with Gasteiger partial charge in [-0.15, -0.1) is 0 Å². The van der Waals surface area contributed by atoms with Gasteiger partial charge in [-0.1, -0.05) is 42.3 Å². The number of phenols is 1. The van der Waals surface area contributed by atoms with Gasteiger partial charge in [-0.05, 0) is 85.1 Å². The third-order valence-corrected chi connectivity index (χ3v) is 5.46. The molecule has 2 N–H and O–H groups in total. The highest BCUT2D eigenvalue weighted by molar-refractivity contribution is 5.87. The van der Waals surface area contributed by atoms with Gasteiger partial charge in [0.1, 0.15) is 5.75 Å². The van der Waals surface area contributed by atoms with E-state index in [0.29, 0.717) is 5.75 Å². The lowest BCUT2D eigenvalue weighted by Gasteiger charge is -2.22. The van der Waals surface area contributed by atoms with Crippen molar-refractivity contribution < 1.29 is 15.0 Å². The Morgan fingerprint density at radius 1 is 0.926 bits per heavy atom. The molecule has 3 nitrogen and oxygen atoms in total. The number of phenolic OH excluding ortho intramolecular Hbond substituents is 1. The Kier molecular flexibility index (Phi) is 5.80. The molecule has 0 atom stereocenters. The maximum atomic E-state index is 10.7. The van der Waals surface area contributed by atoms with Gasteiger partial charge < -0.3 is 10.2 Å². The summed E-state index contributed by atoms with van der Waals surface area (Å²) in [4.78, 5) is 10.7. The summed E-state index contributed by atoms with van der Waals surface area (Å²) in [6, 6.07) is 11.9. The molecule has 0 saturated heterocycles. The molecule has 0 spiro atoms. The average Bonchev–Trinajstić information content (AvgIpc) is 2.68. The second-order valence-electron chi connectivity index (χ2n) is 7.22. The van der Waals surface area contributed by atoms with E-state index in [2.05, 4.69) is 19.1 Å². The lowest BCUT2D eigenvalue weighted by atomic mass is 9.83. The van der Waals surface area contributed by atoms with E-state index in [0.717, 1.165) is 41.2 Å². The molecule has 2 aromatic carbocycles. The standard InChI is InChI=1S/C24H26O3/c1-16-17(2)22(25)14-13-21(16)24(19-6-4-3-5-7-19)20-11-8-18(9-12-20)10-15-23(26)27/h8-15,25H,3-7H2,1-2H3,(H,26,27). The molecule has 1 aliphatic rings. The fourth-order valence-corrected chi connectivity index (χ4v) is 3.78. The Labute approximate surface area is 160 Å². The zero-order chi connectivity index (χ0) is 19.4. The smallest absolute Gasteiger partial charge is 0.328 e. The van der Waals surface area contributed by atoms with Crippen LogP contribution in [0.15, 0.2) is 48.0 Å². The minimum Gasteiger partial charge on any atom is -0.508 e. The first-order valence-electron chi connectivity index (χ1n) is 9.50. The fraction of sp³-hybridized carbons (Fsp3) is 0.292. The topological polar surface area (TPSA) is 57.5 Å². The normalized spacial score (nSPS) is 14.5. The van der Waals surface area contributed by atoms with E-state index in [9.17, 15) is 9.90 Å². The van der Waals surface area contributed by atoms with Crippen molar-refractivity contribution in [3.63, 3.8) is 0 Å². The maximum Gasteiger partial charge on any atom is 0.328 e. The van der Waals surface area contributed by atoms with Gasteiger partial charge in [0.2, 0.25) is 0 Å². The van der Waals surface area contributed by atoms with Gasteiger partial charge in [0.15, 0.2) is 0 Å². The third kappa shape index (κ3) is 4.30. The summed E-state index contributed by atoms with van der Waals surface area (Å²) in [7, 11) is 0. The summed E-state index contributed by atoms with van der Waals surface area (Å²) in [5, 5.41) is 18.9. The predicted octanol–water partition coefficient (Wildman–Crippen LogP) is 5.87. The van der Waals surface area contributed by atoms with Gasteiger partial charge in [0.25, 0.3) is 0 Å². The van der Waals surface area contributed by atoms with E-state index < -0.39 is 5.97 Å². The van der Waals surface area contributed by atoms with Crippen LogP contribution in [0.5, 0.6) is 5.75 Å². The minimum absolute atomic E-state index is 0.332. The molecule has 3 heteroatoms. The number of carbonyl (C=O) groups is 1. The largest absolute Gasteiger partial charge is 0.508 e. The van der Waals surface area contributed by atoms with Gasteiger partial charge in [0, 0.05) is 6.08 Å². The van der Waals surface area contributed by atoms with Crippen molar-refractivity contribution >= 4 is 17.6 Å². The first-order chi connectivity index (χ1) is 13.0. The second kappa shape index (κ2) is 8.26. The van der Waals surface area contributed by atoms with Crippen LogP contribution in [0.25, 0.3) is 11.6 Å². The van der Waals surface area contributed by atoms with Crippen molar-refractivity contribution in [2.45, 2.75) is 46.0 Å². The summed E-state index contributed by atoms with van der Waals surface area (Å²) >= 11 is 0. The Morgan fingerprint density at radius 2 is 1.59 bits per heavy atom. The van der Waals surface area contributed by atoms with Gasteiger partial charge in [0.05, 0.1) is 0 Å². The van der Waals surface area contributed by atoms with Gasteiger partial charge >= 0.3 is 5.97 Å². The molecular formula is C24H26O3. The molecule has 1 aliphatic carbocycles. The van der Waals surface area contributed by atoms with Gasteiger partial charge in [-0.3, -0.25) is 0 Å². The highest BCUT2D eigenvalue weighted by Crippen LogP contribution is 2.38. The van der Waals surface area contributed by atoms with E-state index in [1.54, 1.807) is 12.1 Å². The lowest BCUT2D eigenvalue weighted by Crippen LogP contribution is -2.02. The van der Waals surface area contributed by atoms with Crippen LogP contribution in [0.2, 0.25) is 0 Å². The molecule has 0 amide bonds. The SMILES string of the molecule is Cc1c(O)ccc(C(=C2CCCCC2)c2ccc(C=CC(=O)O)cc2)c1C. The highest BCUT2D eigenvalue weighted by atomic mass is 16.4.